The average Bonchev–Trinajstić information content (AvgIpc) is 3.28. The molecule has 16 heteroatoms. The van der Waals surface area contributed by atoms with Crippen LogP contribution in [0.4, 0.5) is 5.69 Å². The van der Waals surface area contributed by atoms with Crippen LogP contribution < -0.4 is 27.0 Å². The van der Waals surface area contributed by atoms with Crippen molar-refractivity contribution in [2.75, 3.05) is 0 Å². The molecule has 5 atom stereocenters. The van der Waals surface area contributed by atoms with Gasteiger partial charge < -0.3 is 37.2 Å². The Morgan fingerprint density at radius 1 is 0.600 bits per heavy atom. The van der Waals surface area contributed by atoms with Crippen molar-refractivity contribution in [3.05, 3.63) is 106 Å². The van der Waals surface area contributed by atoms with Gasteiger partial charge in [-0.05, 0) is 41.5 Å². The summed E-state index contributed by atoms with van der Waals surface area (Å²) in [7, 11) is 0. The third-order valence-electron chi connectivity index (χ3n) is 11.5. The number of nitro benzene ring substituents is 1. The summed E-state index contributed by atoms with van der Waals surface area (Å²) in [5.41, 5.74) is 6.91. The van der Waals surface area contributed by atoms with E-state index < -0.39 is 70.1 Å². The number of nitrogens with zero attached hydrogens (tertiary/aromatic N) is 1. The number of aliphatic carboxylic acids is 1. The number of carboxylic acids is 1. The quantitative estimate of drug-likeness (QED) is 0.0208. The highest BCUT2D eigenvalue weighted by Crippen LogP contribution is 2.27. The Hall–Kier alpha value is -6.32. The third kappa shape index (κ3) is 20.4. The molecule has 0 spiro atoms. The number of nitro groups is 1. The molecule has 0 saturated carbocycles. The summed E-state index contributed by atoms with van der Waals surface area (Å²) in [4.78, 5) is 87.3. The summed E-state index contributed by atoms with van der Waals surface area (Å²) in [6.45, 7) is 3.84. The lowest BCUT2D eigenvalue weighted by Crippen LogP contribution is -2.55. The van der Waals surface area contributed by atoms with Crippen LogP contribution in [0.3, 0.4) is 0 Å². The van der Waals surface area contributed by atoms with Crippen LogP contribution >= 0.6 is 0 Å². The molecule has 3 rings (SSSR count). The highest BCUT2D eigenvalue weighted by Gasteiger charge is 2.30. The second kappa shape index (κ2) is 29.2. The number of primary amides is 1. The van der Waals surface area contributed by atoms with Crippen LogP contribution in [0, 0.1) is 16.0 Å². The number of carbonyl (C=O) groups excluding carboxylic acids is 5. The van der Waals surface area contributed by atoms with E-state index in [2.05, 4.69) is 21.3 Å². The number of unbranched alkanes of at least 4 members (excludes halogenated alkanes) is 11. The summed E-state index contributed by atoms with van der Waals surface area (Å²) in [5, 5.41) is 42.0. The smallest absolute Gasteiger partial charge is 0.326 e. The van der Waals surface area contributed by atoms with Gasteiger partial charge in [-0.2, -0.15) is 0 Å². The Kier molecular flexibility index (Phi) is 23.8. The Labute approximate surface area is 382 Å². The van der Waals surface area contributed by atoms with Gasteiger partial charge in [-0.1, -0.05) is 151 Å². The molecule has 16 nitrogen and oxygen atoms in total. The number of phenolic OH excluding ortho intramolecular Hbond substituents is 1. The zero-order valence-electron chi connectivity index (χ0n) is 37.8. The number of carboxylic acid groups (broad SMARTS) is 1. The molecule has 3 aromatic carbocycles. The SMILES string of the molecule is CCC(C)[C@H](NC(=O)CCCCCCCCCCCCCCC(=O)N[C@@H](Cc1ccc(O)c([N+](=O)[O-])c1)C(=O)N[C@@H](Cc1ccccc1)C(=O)O)C(=O)N[C@@H](Cc1ccccc1)C(N)=O. The zero-order chi connectivity index (χ0) is 47.6. The number of benzene rings is 3. The number of nitrogens with one attached hydrogen (secondary N) is 4. The molecule has 0 heterocycles. The number of aromatic hydroxyl groups is 1. The molecule has 65 heavy (non-hydrogen) atoms. The van der Waals surface area contributed by atoms with Gasteiger partial charge in [0.15, 0.2) is 5.75 Å². The normalized spacial score (nSPS) is 13.3. The van der Waals surface area contributed by atoms with Gasteiger partial charge in [0, 0.05) is 38.2 Å². The lowest BCUT2D eigenvalue weighted by molar-refractivity contribution is -0.385. The van der Waals surface area contributed by atoms with E-state index in [4.69, 9.17) is 5.73 Å². The first-order chi connectivity index (χ1) is 31.2. The molecule has 0 fully saturated rings. The maximum Gasteiger partial charge on any atom is 0.326 e. The van der Waals surface area contributed by atoms with E-state index in [1.54, 1.807) is 30.3 Å². The fraction of sp³-hybridized carbons (Fsp3) is 0.510. The minimum atomic E-state index is -1.28. The second-order valence-corrected chi connectivity index (χ2v) is 16.8. The van der Waals surface area contributed by atoms with Gasteiger partial charge in [-0.25, -0.2) is 4.79 Å². The molecule has 0 aliphatic carbocycles. The van der Waals surface area contributed by atoms with Gasteiger partial charge >= 0.3 is 11.7 Å². The molecule has 3 aromatic rings. The molecular formula is C49H68N6O10. The Bertz CT molecular complexity index is 1980. The minimum Gasteiger partial charge on any atom is -0.502 e. The van der Waals surface area contributed by atoms with Gasteiger partial charge in [0.2, 0.25) is 29.5 Å². The molecule has 0 aliphatic heterocycles. The third-order valence-corrected chi connectivity index (χ3v) is 11.5. The van der Waals surface area contributed by atoms with E-state index in [0.29, 0.717) is 36.8 Å². The van der Waals surface area contributed by atoms with Crippen LogP contribution in [-0.2, 0) is 48.0 Å². The molecule has 0 aliphatic rings. The van der Waals surface area contributed by atoms with Crippen molar-refractivity contribution < 1.29 is 43.9 Å². The molecule has 354 valence electrons. The van der Waals surface area contributed by atoms with Crippen LogP contribution in [0.5, 0.6) is 5.75 Å². The maximum absolute atomic E-state index is 13.4. The lowest BCUT2D eigenvalue weighted by atomic mass is 9.97. The summed E-state index contributed by atoms with van der Waals surface area (Å²) in [6, 6.07) is 17.6. The monoisotopic (exact) mass is 900 g/mol. The molecule has 0 saturated heterocycles. The predicted octanol–water partition coefficient (Wildman–Crippen LogP) is 6.34. The van der Waals surface area contributed by atoms with Crippen LogP contribution in [-0.4, -0.2) is 74.8 Å². The Morgan fingerprint density at radius 2 is 1.05 bits per heavy atom. The number of nitrogens with two attached hydrogens (primary N) is 1. The minimum absolute atomic E-state index is 0.0132. The number of carbonyl (C=O) groups is 6. The molecule has 0 radical (unpaired) electrons. The fourth-order valence-electron chi connectivity index (χ4n) is 7.50. The number of rotatable bonds is 32. The zero-order valence-corrected chi connectivity index (χ0v) is 37.8. The van der Waals surface area contributed by atoms with Crippen molar-refractivity contribution in [1.82, 2.24) is 21.3 Å². The summed E-state index contributed by atoms with van der Waals surface area (Å²) in [5.74, 6) is -4.32. The van der Waals surface area contributed by atoms with Gasteiger partial charge in [-0.3, -0.25) is 34.1 Å². The van der Waals surface area contributed by atoms with Crippen LogP contribution in [0.1, 0.15) is 127 Å². The van der Waals surface area contributed by atoms with Gasteiger partial charge in [-0.15, -0.1) is 0 Å². The number of amides is 5. The highest BCUT2D eigenvalue weighted by atomic mass is 16.6. The van der Waals surface area contributed by atoms with Crippen molar-refractivity contribution in [1.29, 1.82) is 0 Å². The van der Waals surface area contributed by atoms with Crippen molar-refractivity contribution in [2.45, 2.75) is 154 Å². The molecule has 5 amide bonds. The molecule has 1 unspecified atom stereocenters. The van der Waals surface area contributed by atoms with E-state index in [-0.39, 0.29) is 37.5 Å². The van der Waals surface area contributed by atoms with Crippen molar-refractivity contribution in [3.8, 4) is 5.75 Å². The maximum atomic E-state index is 13.4. The van der Waals surface area contributed by atoms with Crippen molar-refractivity contribution in [2.24, 2.45) is 11.7 Å². The van der Waals surface area contributed by atoms with Gasteiger partial charge in [0.1, 0.15) is 24.2 Å². The molecule has 0 bridgehead atoms. The summed E-state index contributed by atoms with van der Waals surface area (Å²) < 4.78 is 0. The molecule has 8 N–H and O–H groups in total. The Balaban J connectivity index is 1.31. The highest BCUT2D eigenvalue weighted by molar-refractivity contribution is 5.92. The predicted molar refractivity (Wildman–Crippen MR) is 247 cm³/mol. The lowest BCUT2D eigenvalue weighted by Gasteiger charge is -2.26. The van der Waals surface area contributed by atoms with Crippen LogP contribution in [0.2, 0.25) is 0 Å². The standard InChI is InChI=1S/C49H68N6O10/c1-3-34(2)45(48(61)52-38(46(50)59)30-35-22-16-14-17-23-35)54-44(58)27-21-13-11-9-7-5-4-6-8-10-12-20-26-43(57)51-39(32-37-28-29-42(56)41(33-37)55(64)65)47(60)53-40(49(62)63)31-36-24-18-15-19-25-36/h14-19,22-25,28-29,33-34,38-40,45,56H,3-13,20-21,26-27,30-32H2,1-2H3,(H2,50,59)(H,51,57)(H,52,61)(H,53,60)(H,54,58)(H,62,63)/t34?,38-,39-,40-,45-/m0/s1. The molecular weight excluding hydrogens is 833 g/mol. The second-order valence-electron chi connectivity index (χ2n) is 16.8. The average molecular weight is 901 g/mol. The van der Waals surface area contributed by atoms with Crippen molar-refractivity contribution >= 4 is 41.2 Å². The van der Waals surface area contributed by atoms with E-state index in [1.165, 1.54) is 6.07 Å². The number of hydrogen-bond acceptors (Lipinski definition) is 9. The van der Waals surface area contributed by atoms with E-state index >= 15 is 0 Å². The van der Waals surface area contributed by atoms with Gasteiger partial charge in [0.25, 0.3) is 0 Å². The topological polar surface area (TPSA) is 260 Å². The largest absolute Gasteiger partial charge is 0.502 e. The van der Waals surface area contributed by atoms with E-state index in [1.807, 2.05) is 44.2 Å². The number of hydrogen-bond donors (Lipinski definition) is 7. The number of phenols is 1. The Morgan fingerprint density at radius 3 is 1.51 bits per heavy atom. The van der Waals surface area contributed by atoms with Crippen molar-refractivity contribution in [3.63, 3.8) is 0 Å². The summed E-state index contributed by atoms with van der Waals surface area (Å²) >= 11 is 0. The first-order valence-corrected chi connectivity index (χ1v) is 22.9. The fourth-order valence-corrected chi connectivity index (χ4v) is 7.50. The first kappa shape index (κ1) is 53.0. The molecule has 0 aromatic heterocycles. The van der Waals surface area contributed by atoms with E-state index in [0.717, 1.165) is 81.9 Å². The van der Waals surface area contributed by atoms with Gasteiger partial charge in [0.05, 0.1) is 4.92 Å². The summed E-state index contributed by atoms with van der Waals surface area (Å²) in [6.07, 6.45) is 12.7. The van der Waals surface area contributed by atoms with Crippen LogP contribution in [0.25, 0.3) is 0 Å². The van der Waals surface area contributed by atoms with E-state index in [9.17, 15) is 49.1 Å². The van der Waals surface area contributed by atoms with Crippen LogP contribution in [0.15, 0.2) is 78.9 Å². The first-order valence-electron chi connectivity index (χ1n) is 22.9.